The van der Waals surface area contributed by atoms with Crippen molar-refractivity contribution in [1.82, 2.24) is 4.90 Å². The fraction of sp³-hybridized carbons (Fsp3) is 0.350. The smallest absolute Gasteiger partial charge is 0.406 e. The Balaban J connectivity index is 1.59. The number of carbonyl (C=O) groups excluding carboxylic acids is 1. The van der Waals surface area contributed by atoms with Gasteiger partial charge >= 0.3 is 6.36 Å². The molecule has 0 unspecified atom stereocenters. The number of rotatable bonds is 5. The Hall–Kier alpha value is -2.61. The second kappa shape index (κ2) is 8.18. The lowest BCUT2D eigenvalue weighted by molar-refractivity contribution is -0.274. The number of carbonyl (C=O) groups is 1. The molecule has 0 amide bonds. The number of Topliss-reactive ketones (excluding diaryl/α,β-unsaturated/α-hetero) is 1. The van der Waals surface area contributed by atoms with Gasteiger partial charge in [-0.2, -0.15) is 0 Å². The number of nitrogens with zero attached hydrogens (tertiary/aromatic N) is 2. The molecule has 1 heterocycles. The minimum atomic E-state index is -4.70. The van der Waals surface area contributed by atoms with Crippen molar-refractivity contribution in [3.05, 3.63) is 59.4 Å². The third-order valence-electron chi connectivity index (χ3n) is 4.62. The van der Waals surface area contributed by atoms with Gasteiger partial charge < -0.3 is 9.64 Å². The molecule has 1 aliphatic rings. The van der Waals surface area contributed by atoms with E-state index >= 15 is 0 Å². The molecule has 8 heteroatoms. The molecule has 150 valence electrons. The van der Waals surface area contributed by atoms with Crippen LogP contribution in [-0.4, -0.2) is 43.2 Å². The summed E-state index contributed by atoms with van der Waals surface area (Å²) in [5, 5.41) is 0. The van der Waals surface area contributed by atoms with Crippen molar-refractivity contribution in [1.29, 1.82) is 0 Å². The molecule has 0 aliphatic carbocycles. The SMILES string of the molecule is CC(=O)c1c(F)cccc1N1CCN(Cc2ccc(OC(F)(F)F)cc2)CC1. The van der Waals surface area contributed by atoms with E-state index in [0.717, 1.165) is 5.56 Å². The first-order valence-electron chi connectivity index (χ1n) is 8.84. The van der Waals surface area contributed by atoms with Gasteiger partial charge in [0, 0.05) is 32.7 Å². The molecule has 28 heavy (non-hydrogen) atoms. The molecule has 2 aromatic carbocycles. The van der Waals surface area contributed by atoms with Crippen LogP contribution in [0.3, 0.4) is 0 Å². The van der Waals surface area contributed by atoms with Crippen LogP contribution in [0.25, 0.3) is 0 Å². The van der Waals surface area contributed by atoms with Gasteiger partial charge in [-0.05, 0) is 36.8 Å². The molecular weight excluding hydrogens is 376 g/mol. The summed E-state index contributed by atoms with van der Waals surface area (Å²) in [5.74, 6) is -1.07. The highest BCUT2D eigenvalue weighted by molar-refractivity contribution is 6.00. The molecule has 0 saturated carbocycles. The number of benzene rings is 2. The minimum absolute atomic E-state index is 0.108. The van der Waals surface area contributed by atoms with Crippen molar-refractivity contribution in [2.75, 3.05) is 31.1 Å². The first-order valence-corrected chi connectivity index (χ1v) is 8.84. The van der Waals surface area contributed by atoms with Crippen molar-refractivity contribution in [3.8, 4) is 5.75 Å². The van der Waals surface area contributed by atoms with Gasteiger partial charge in [0.1, 0.15) is 11.6 Å². The Labute approximate surface area is 160 Å². The van der Waals surface area contributed by atoms with Crippen LogP contribution < -0.4 is 9.64 Å². The third kappa shape index (κ3) is 5.01. The van der Waals surface area contributed by atoms with Crippen LogP contribution in [0.15, 0.2) is 42.5 Å². The molecule has 4 nitrogen and oxygen atoms in total. The zero-order valence-corrected chi connectivity index (χ0v) is 15.3. The number of anilines is 1. The van der Waals surface area contributed by atoms with Crippen LogP contribution in [0.2, 0.25) is 0 Å². The summed E-state index contributed by atoms with van der Waals surface area (Å²) in [6.45, 7) is 4.56. The Morgan fingerprint density at radius 2 is 1.68 bits per heavy atom. The summed E-state index contributed by atoms with van der Waals surface area (Å²) in [6.07, 6.45) is -4.70. The third-order valence-corrected chi connectivity index (χ3v) is 4.62. The van der Waals surface area contributed by atoms with Gasteiger partial charge in [-0.25, -0.2) is 4.39 Å². The molecule has 1 aliphatic heterocycles. The van der Waals surface area contributed by atoms with Gasteiger partial charge in [-0.3, -0.25) is 9.69 Å². The highest BCUT2D eigenvalue weighted by Crippen LogP contribution is 2.26. The molecule has 0 spiro atoms. The van der Waals surface area contributed by atoms with Gasteiger partial charge in [-0.1, -0.05) is 18.2 Å². The Kier molecular flexibility index (Phi) is 5.88. The summed E-state index contributed by atoms with van der Waals surface area (Å²) >= 11 is 0. The lowest BCUT2D eigenvalue weighted by Crippen LogP contribution is -2.46. The number of hydrogen-bond acceptors (Lipinski definition) is 4. The van der Waals surface area contributed by atoms with Crippen LogP contribution in [-0.2, 0) is 6.54 Å². The van der Waals surface area contributed by atoms with Crippen molar-refractivity contribution < 1.29 is 27.1 Å². The van der Waals surface area contributed by atoms with E-state index in [9.17, 15) is 22.4 Å². The molecule has 1 fully saturated rings. The maximum atomic E-state index is 14.0. The summed E-state index contributed by atoms with van der Waals surface area (Å²) in [6, 6.07) is 10.4. The topological polar surface area (TPSA) is 32.8 Å². The monoisotopic (exact) mass is 396 g/mol. The molecule has 3 rings (SSSR count). The number of piperazine rings is 1. The largest absolute Gasteiger partial charge is 0.573 e. The predicted molar refractivity (Wildman–Crippen MR) is 97.0 cm³/mol. The van der Waals surface area contributed by atoms with Crippen LogP contribution in [0.1, 0.15) is 22.8 Å². The van der Waals surface area contributed by atoms with E-state index in [1.54, 1.807) is 24.3 Å². The molecule has 0 radical (unpaired) electrons. The van der Waals surface area contributed by atoms with Gasteiger partial charge in [0.15, 0.2) is 5.78 Å². The Morgan fingerprint density at radius 1 is 1.04 bits per heavy atom. The molecule has 0 aromatic heterocycles. The molecule has 0 atom stereocenters. The van der Waals surface area contributed by atoms with E-state index in [2.05, 4.69) is 9.64 Å². The lowest BCUT2D eigenvalue weighted by Gasteiger charge is -2.36. The van der Waals surface area contributed by atoms with E-state index in [1.807, 2.05) is 4.90 Å². The van der Waals surface area contributed by atoms with Crippen LogP contribution >= 0.6 is 0 Å². The van der Waals surface area contributed by atoms with Crippen molar-refractivity contribution in [2.24, 2.45) is 0 Å². The molecule has 0 bridgehead atoms. The Morgan fingerprint density at radius 3 is 2.25 bits per heavy atom. The molecule has 0 N–H and O–H groups in total. The van der Waals surface area contributed by atoms with E-state index in [4.69, 9.17) is 0 Å². The Bertz CT molecular complexity index is 829. The summed E-state index contributed by atoms with van der Waals surface area (Å²) in [4.78, 5) is 15.9. The van der Waals surface area contributed by atoms with Crippen LogP contribution in [0.5, 0.6) is 5.75 Å². The van der Waals surface area contributed by atoms with Gasteiger partial charge in [0.25, 0.3) is 0 Å². The maximum absolute atomic E-state index is 14.0. The van der Waals surface area contributed by atoms with Gasteiger partial charge in [0.2, 0.25) is 0 Å². The van der Waals surface area contributed by atoms with Gasteiger partial charge in [0.05, 0.1) is 11.3 Å². The molecular formula is C20H20F4N2O2. The number of halogens is 4. The zero-order chi connectivity index (χ0) is 20.3. The first-order chi connectivity index (χ1) is 13.2. The van der Waals surface area contributed by atoms with E-state index in [1.165, 1.54) is 25.1 Å². The van der Waals surface area contributed by atoms with Crippen molar-refractivity contribution in [2.45, 2.75) is 19.8 Å². The molecule has 1 saturated heterocycles. The second-order valence-electron chi connectivity index (χ2n) is 6.65. The number of ether oxygens (including phenoxy) is 1. The minimum Gasteiger partial charge on any atom is -0.406 e. The highest BCUT2D eigenvalue weighted by Gasteiger charge is 2.31. The lowest BCUT2D eigenvalue weighted by atomic mass is 10.1. The van der Waals surface area contributed by atoms with Crippen LogP contribution in [0, 0.1) is 5.82 Å². The number of ketones is 1. The highest BCUT2D eigenvalue weighted by atomic mass is 19.4. The quantitative estimate of drug-likeness (QED) is 0.559. The summed E-state index contributed by atoms with van der Waals surface area (Å²) < 4.78 is 54.5. The van der Waals surface area contributed by atoms with Gasteiger partial charge in [-0.15, -0.1) is 13.2 Å². The van der Waals surface area contributed by atoms with E-state index < -0.39 is 12.2 Å². The predicted octanol–water partition coefficient (Wildman–Crippen LogP) is 4.25. The average Bonchev–Trinajstić information content (AvgIpc) is 2.62. The fourth-order valence-electron chi connectivity index (χ4n) is 3.33. The fourth-order valence-corrected chi connectivity index (χ4v) is 3.33. The normalized spacial score (nSPS) is 15.5. The number of hydrogen-bond donors (Lipinski definition) is 0. The second-order valence-corrected chi connectivity index (χ2v) is 6.65. The summed E-state index contributed by atoms with van der Waals surface area (Å²) in [5.41, 5.74) is 1.58. The zero-order valence-electron chi connectivity index (χ0n) is 15.3. The summed E-state index contributed by atoms with van der Waals surface area (Å²) in [7, 11) is 0. The van der Waals surface area contributed by atoms with Crippen LogP contribution in [0.4, 0.5) is 23.2 Å². The van der Waals surface area contributed by atoms with E-state index in [-0.39, 0.29) is 17.1 Å². The number of alkyl halides is 3. The van der Waals surface area contributed by atoms with Crippen molar-refractivity contribution in [3.63, 3.8) is 0 Å². The first kappa shape index (κ1) is 20.1. The average molecular weight is 396 g/mol. The standard InChI is InChI=1S/C20H20F4N2O2/c1-14(27)19-17(21)3-2-4-18(19)26-11-9-25(10-12-26)13-15-5-7-16(8-6-15)28-20(22,23)24/h2-8H,9-13H2,1H3. The van der Waals surface area contributed by atoms with Crippen molar-refractivity contribution >= 4 is 11.5 Å². The molecule has 2 aromatic rings. The maximum Gasteiger partial charge on any atom is 0.573 e. The van der Waals surface area contributed by atoms with E-state index in [0.29, 0.717) is 38.4 Å².